The molecule has 1 saturated carbocycles. The number of carbonyl (C=O) groups excluding carboxylic acids is 1. The summed E-state index contributed by atoms with van der Waals surface area (Å²) in [6.07, 6.45) is 5.66. The van der Waals surface area contributed by atoms with Crippen molar-refractivity contribution in [1.29, 1.82) is 0 Å². The van der Waals surface area contributed by atoms with Gasteiger partial charge in [0.2, 0.25) is 0 Å². The fraction of sp³-hybridized carbons (Fsp3) is 0.889. The predicted molar refractivity (Wildman–Crippen MR) is 62.0 cm³/mol. The molecule has 2 N–H and O–H groups in total. The van der Waals surface area contributed by atoms with Crippen molar-refractivity contribution in [1.82, 2.24) is 0 Å². The molecule has 0 aromatic heterocycles. The van der Waals surface area contributed by atoms with E-state index in [0.717, 1.165) is 25.7 Å². The van der Waals surface area contributed by atoms with Crippen LogP contribution in [-0.4, -0.2) is 23.9 Å². The molecule has 1 atom stereocenters. The molecule has 0 unspecified atom stereocenters. The average Bonchev–Trinajstić information content (AvgIpc) is 2.18. The molecular formula is C9H18ClNO2S. The van der Waals surface area contributed by atoms with Crippen LogP contribution >= 0.6 is 25.0 Å². The zero-order chi connectivity index (χ0) is 9.68. The molecule has 0 bridgehead atoms. The van der Waals surface area contributed by atoms with Crippen LogP contribution in [0.5, 0.6) is 0 Å². The molecule has 1 aliphatic rings. The minimum absolute atomic E-state index is 0. The average molecular weight is 240 g/mol. The van der Waals surface area contributed by atoms with Crippen LogP contribution < -0.4 is 5.73 Å². The molecule has 84 valence electrons. The predicted octanol–water partition coefficient (Wildman–Crippen LogP) is 1.54. The van der Waals surface area contributed by atoms with Crippen molar-refractivity contribution in [2.24, 2.45) is 5.73 Å². The van der Waals surface area contributed by atoms with E-state index in [0.29, 0.717) is 5.75 Å². The molecule has 5 heteroatoms. The first-order valence-electron chi connectivity index (χ1n) is 4.81. The van der Waals surface area contributed by atoms with Crippen LogP contribution in [0.3, 0.4) is 0 Å². The highest BCUT2D eigenvalue weighted by Crippen LogP contribution is 2.20. The molecule has 1 fully saturated rings. The lowest BCUT2D eigenvalue weighted by atomic mass is 9.98. The van der Waals surface area contributed by atoms with Crippen LogP contribution in [0.15, 0.2) is 0 Å². The fourth-order valence-electron chi connectivity index (χ4n) is 1.51. The normalized spacial score (nSPS) is 19.6. The van der Waals surface area contributed by atoms with Gasteiger partial charge in [0.05, 0.1) is 0 Å². The van der Waals surface area contributed by atoms with E-state index in [2.05, 4.69) is 12.6 Å². The Morgan fingerprint density at radius 1 is 1.43 bits per heavy atom. The number of ether oxygens (including phenoxy) is 1. The number of rotatable bonds is 3. The third kappa shape index (κ3) is 4.53. The van der Waals surface area contributed by atoms with Gasteiger partial charge in [0.25, 0.3) is 0 Å². The van der Waals surface area contributed by atoms with Crippen molar-refractivity contribution in [3.63, 3.8) is 0 Å². The van der Waals surface area contributed by atoms with E-state index in [-0.39, 0.29) is 24.5 Å². The third-order valence-electron chi connectivity index (χ3n) is 2.33. The number of hydrogen-bond donors (Lipinski definition) is 2. The zero-order valence-corrected chi connectivity index (χ0v) is 9.86. The molecule has 0 radical (unpaired) electrons. The van der Waals surface area contributed by atoms with Crippen molar-refractivity contribution >= 4 is 31.0 Å². The standard InChI is InChI=1S/C9H17NO2S.ClH/c10-8(6-13)9(11)12-7-4-2-1-3-5-7;/h7-8,13H,1-6,10H2;1H/t8-;/m0./s1. The molecule has 0 heterocycles. The van der Waals surface area contributed by atoms with E-state index in [9.17, 15) is 4.79 Å². The highest BCUT2D eigenvalue weighted by molar-refractivity contribution is 7.80. The highest BCUT2D eigenvalue weighted by atomic mass is 35.5. The quantitative estimate of drug-likeness (QED) is 0.580. The number of hydrogen-bond acceptors (Lipinski definition) is 4. The SMILES string of the molecule is Cl.N[C@@H](CS)C(=O)OC1CCCCC1. The van der Waals surface area contributed by atoms with Crippen LogP contribution in [0.1, 0.15) is 32.1 Å². The van der Waals surface area contributed by atoms with Crippen molar-refractivity contribution < 1.29 is 9.53 Å². The van der Waals surface area contributed by atoms with Crippen molar-refractivity contribution in [3.8, 4) is 0 Å². The highest BCUT2D eigenvalue weighted by Gasteiger charge is 2.20. The van der Waals surface area contributed by atoms with Gasteiger partial charge < -0.3 is 10.5 Å². The summed E-state index contributed by atoms with van der Waals surface area (Å²) in [5.41, 5.74) is 5.48. The first-order valence-corrected chi connectivity index (χ1v) is 5.44. The molecule has 0 spiro atoms. The van der Waals surface area contributed by atoms with E-state index in [1.54, 1.807) is 0 Å². The maximum absolute atomic E-state index is 11.2. The van der Waals surface area contributed by atoms with Gasteiger partial charge in [-0.05, 0) is 25.7 Å². The summed E-state index contributed by atoms with van der Waals surface area (Å²) in [6, 6.07) is -0.565. The van der Waals surface area contributed by atoms with Crippen LogP contribution in [-0.2, 0) is 9.53 Å². The second-order valence-electron chi connectivity index (χ2n) is 3.49. The second kappa shape index (κ2) is 7.37. The van der Waals surface area contributed by atoms with Gasteiger partial charge in [-0.1, -0.05) is 6.42 Å². The molecule has 0 aliphatic heterocycles. The van der Waals surface area contributed by atoms with E-state index >= 15 is 0 Å². The van der Waals surface area contributed by atoms with Gasteiger partial charge in [-0.3, -0.25) is 4.79 Å². The molecule has 3 nitrogen and oxygen atoms in total. The maximum atomic E-state index is 11.2. The Balaban J connectivity index is 0.00000169. The minimum atomic E-state index is -0.565. The summed E-state index contributed by atoms with van der Waals surface area (Å²) in [5, 5.41) is 0. The topological polar surface area (TPSA) is 52.3 Å². The molecule has 1 aliphatic carbocycles. The number of esters is 1. The molecule has 1 rings (SSSR count). The summed E-state index contributed by atoms with van der Waals surface area (Å²) in [5.74, 6) is 0.0489. The Kier molecular flexibility index (Phi) is 7.41. The molecular weight excluding hydrogens is 222 g/mol. The van der Waals surface area contributed by atoms with E-state index in [1.165, 1.54) is 6.42 Å². The largest absolute Gasteiger partial charge is 0.461 e. The Labute approximate surface area is 96.6 Å². The Bertz CT molecular complexity index is 174. The number of halogens is 1. The van der Waals surface area contributed by atoms with Gasteiger partial charge in [0, 0.05) is 5.75 Å². The number of nitrogens with two attached hydrogens (primary N) is 1. The maximum Gasteiger partial charge on any atom is 0.324 e. The minimum Gasteiger partial charge on any atom is -0.461 e. The Morgan fingerprint density at radius 2 is 2.00 bits per heavy atom. The van der Waals surface area contributed by atoms with Gasteiger partial charge >= 0.3 is 5.97 Å². The van der Waals surface area contributed by atoms with Crippen molar-refractivity contribution in [3.05, 3.63) is 0 Å². The molecule has 0 saturated heterocycles. The fourth-order valence-corrected chi connectivity index (χ4v) is 1.66. The smallest absolute Gasteiger partial charge is 0.324 e. The summed E-state index contributed by atoms with van der Waals surface area (Å²) >= 11 is 3.95. The Morgan fingerprint density at radius 3 is 2.50 bits per heavy atom. The van der Waals surface area contributed by atoms with Gasteiger partial charge in [0.15, 0.2) is 0 Å². The first-order chi connectivity index (χ1) is 6.24. The van der Waals surface area contributed by atoms with Crippen molar-refractivity contribution in [2.45, 2.75) is 44.2 Å². The zero-order valence-electron chi connectivity index (χ0n) is 8.15. The van der Waals surface area contributed by atoms with Crippen LogP contribution in [0.4, 0.5) is 0 Å². The monoisotopic (exact) mass is 239 g/mol. The van der Waals surface area contributed by atoms with E-state index in [1.807, 2.05) is 0 Å². The van der Waals surface area contributed by atoms with E-state index < -0.39 is 6.04 Å². The van der Waals surface area contributed by atoms with Crippen LogP contribution in [0.25, 0.3) is 0 Å². The lowest BCUT2D eigenvalue weighted by molar-refractivity contribution is -0.151. The Hall–Kier alpha value is 0.0700. The second-order valence-corrected chi connectivity index (χ2v) is 3.85. The molecule has 0 aromatic rings. The first kappa shape index (κ1) is 14.1. The lowest BCUT2D eigenvalue weighted by Gasteiger charge is -2.22. The number of carbonyl (C=O) groups is 1. The summed E-state index contributed by atoms with van der Waals surface area (Å²) < 4.78 is 5.23. The summed E-state index contributed by atoms with van der Waals surface area (Å²) in [4.78, 5) is 11.2. The van der Waals surface area contributed by atoms with Gasteiger partial charge in [-0.2, -0.15) is 12.6 Å². The summed E-state index contributed by atoms with van der Waals surface area (Å²) in [7, 11) is 0. The lowest BCUT2D eigenvalue weighted by Crippen LogP contribution is -2.36. The summed E-state index contributed by atoms with van der Waals surface area (Å²) in [6.45, 7) is 0. The number of thiol groups is 1. The molecule has 0 aromatic carbocycles. The van der Waals surface area contributed by atoms with Gasteiger partial charge in [-0.15, -0.1) is 12.4 Å². The van der Waals surface area contributed by atoms with Crippen LogP contribution in [0.2, 0.25) is 0 Å². The third-order valence-corrected chi connectivity index (χ3v) is 2.73. The van der Waals surface area contributed by atoms with Gasteiger partial charge in [-0.25, -0.2) is 0 Å². The molecule has 14 heavy (non-hydrogen) atoms. The molecule has 0 amide bonds. The van der Waals surface area contributed by atoms with E-state index in [4.69, 9.17) is 10.5 Å². The van der Waals surface area contributed by atoms with Gasteiger partial charge in [0.1, 0.15) is 12.1 Å². The van der Waals surface area contributed by atoms with Crippen molar-refractivity contribution in [2.75, 3.05) is 5.75 Å². The van der Waals surface area contributed by atoms with Crippen LogP contribution in [0, 0.1) is 0 Å².